The van der Waals surface area contributed by atoms with Crippen molar-refractivity contribution in [1.82, 2.24) is 0 Å². The Morgan fingerprint density at radius 1 is 0.581 bits per heavy atom. The molecule has 0 aliphatic heterocycles. The Kier molecular flexibility index (Phi) is 21.8. The Balaban J connectivity index is 5.83. The van der Waals surface area contributed by atoms with Gasteiger partial charge < -0.3 is 0 Å². The fraction of sp³-hybridized carbons (Fsp3) is 1.00. The van der Waals surface area contributed by atoms with Crippen molar-refractivity contribution in [3.63, 3.8) is 0 Å². The normalized spacial score (nSPS) is 14.7. The molecule has 7 heteroatoms. The molecular formula is C24H54O3S2Sn2. The van der Waals surface area contributed by atoms with Gasteiger partial charge in [0.15, 0.2) is 0 Å². The second-order valence-corrected chi connectivity index (χ2v) is 33.3. The number of hydrogen-bond donors (Lipinski definition) is 2. The van der Waals surface area contributed by atoms with Crippen molar-refractivity contribution >= 4 is 63.7 Å². The monoisotopic (exact) mass is 694 g/mol. The zero-order valence-corrected chi connectivity index (χ0v) is 29.1. The van der Waals surface area contributed by atoms with Gasteiger partial charge in [-0.3, -0.25) is 0 Å². The number of hydrogen-bond acceptors (Lipinski definition) is 5. The number of thiol groups is 2. The molecule has 188 valence electrons. The predicted octanol–water partition coefficient (Wildman–Crippen LogP) is 8.54. The van der Waals surface area contributed by atoms with Gasteiger partial charge in [0.2, 0.25) is 0 Å². The molecule has 2 unspecified atom stereocenters. The molecular weight excluding hydrogens is 638 g/mol. The summed E-state index contributed by atoms with van der Waals surface area (Å²) in [6, 6.07) is 0. The second kappa shape index (κ2) is 20.4. The zero-order valence-electron chi connectivity index (χ0n) is 21.6. The Labute approximate surface area is 216 Å². The fourth-order valence-corrected chi connectivity index (χ4v) is 46.5. The molecule has 0 spiro atoms. The van der Waals surface area contributed by atoms with Gasteiger partial charge in [-0.1, -0.05) is 0 Å². The van der Waals surface area contributed by atoms with Gasteiger partial charge in [0.25, 0.3) is 0 Å². The quantitative estimate of drug-likeness (QED) is 0.0881. The van der Waals surface area contributed by atoms with Gasteiger partial charge in [0.05, 0.1) is 0 Å². The molecule has 0 saturated heterocycles. The summed E-state index contributed by atoms with van der Waals surface area (Å²) >= 11 is 2.72. The van der Waals surface area contributed by atoms with Crippen LogP contribution in [-0.2, 0) is 7.56 Å². The van der Waals surface area contributed by atoms with E-state index in [0.717, 1.165) is 26.1 Å². The van der Waals surface area contributed by atoms with E-state index in [0.29, 0.717) is 10.5 Å². The van der Waals surface area contributed by atoms with Crippen molar-refractivity contribution in [2.24, 2.45) is 0 Å². The molecule has 0 fully saturated rings. The summed E-state index contributed by atoms with van der Waals surface area (Å²) in [5.74, 6) is 0. The molecule has 0 saturated carbocycles. The Hall–Kier alpha value is 2.18. The van der Waals surface area contributed by atoms with Crippen LogP contribution in [0.3, 0.4) is 0 Å². The fourth-order valence-electron chi connectivity index (χ4n) is 3.76. The molecule has 2 atom stereocenters. The van der Waals surface area contributed by atoms with Crippen LogP contribution in [0.1, 0.15) is 106 Å². The van der Waals surface area contributed by atoms with E-state index >= 15 is 0 Å². The summed E-state index contributed by atoms with van der Waals surface area (Å²) in [6.07, 6.45) is 11.8. The molecule has 0 aromatic rings. The third-order valence-corrected chi connectivity index (χ3v) is 39.6. The summed E-state index contributed by atoms with van der Waals surface area (Å²) in [6.45, 7) is 15.1. The summed E-state index contributed by atoms with van der Waals surface area (Å²) in [5, 5.41) is 0.755. The van der Waals surface area contributed by atoms with Crippen LogP contribution in [0.25, 0.3) is 0 Å². The molecule has 3 nitrogen and oxygen atoms in total. The van der Waals surface area contributed by atoms with Gasteiger partial charge in [-0.25, -0.2) is 0 Å². The average Bonchev–Trinajstić information content (AvgIpc) is 2.72. The van der Waals surface area contributed by atoms with Gasteiger partial charge >= 0.3 is 218 Å². The topological polar surface area (TPSA) is 27.7 Å². The van der Waals surface area contributed by atoms with Gasteiger partial charge in [-0.15, -0.1) is 0 Å². The average molecular weight is 692 g/mol. The van der Waals surface area contributed by atoms with E-state index in [9.17, 15) is 0 Å². The van der Waals surface area contributed by atoms with Gasteiger partial charge in [0.1, 0.15) is 0 Å². The van der Waals surface area contributed by atoms with E-state index in [2.05, 4.69) is 66.8 Å². The molecule has 0 rings (SSSR count). The molecule has 0 radical (unpaired) electrons. The molecule has 0 heterocycles. The molecule has 0 aliphatic carbocycles. The van der Waals surface area contributed by atoms with Crippen molar-refractivity contribution in [2.75, 3.05) is 13.2 Å². The summed E-state index contributed by atoms with van der Waals surface area (Å²) in [5.41, 5.74) is 0. The summed E-state index contributed by atoms with van der Waals surface area (Å²) in [7, 11) is 0. The van der Waals surface area contributed by atoms with Crippen LogP contribution in [0, 0.1) is 0 Å². The SMILES string of the molecule is CCC[CH2][Sn]([CH2]CCC)([O]CCC(C)S)[O][Sn]([CH2]CCC)([CH2]CCC)[O]CCC(C)S. The van der Waals surface area contributed by atoms with Crippen LogP contribution >= 0.6 is 25.3 Å². The maximum absolute atomic E-state index is 7.52. The van der Waals surface area contributed by atoms with Gasteiger partial charge in [-0.2, -0.15) is 0 Å². The molecule has 0 aliphatic rings. The minimum atomic E-state index is -3.24. The minimum absolute atomic E-state index is 0.378. The summed E-state index contributed by atoms with van der Waals surface area (Å²) in [4.78, 5) is 0. The van der Waals surface area contributed by atoms with E-state index in [-0.39, 0.29) is 0 Å². The first-order valence-electron chi connectivity index (χ1n) is 13.1. The van der Waals surface area contributed by atoms with Crippen LogP contribution < -0.4 is 0 Å². The van der Waals surface area contributed by atoms with Crippen LogP contribution in [0.5, 0.6) is 0 Å². The van der Waals surface area contributed by atoms with Crippen LogP contribution in [0.15, 0.2) is 0 Å². The predicted molar refractivity (Wildman–Crippen MR) is 149 cm³/mol. The number of rotatable bonds is 22. The van der Waals surface area contributed by atoms with E-state index in [1.54, 1.807) is 0 Å². The van der Waals surface area contributed by atoms with Gasteiger partial charge in [-0.05, 0) is 0 Å². The Morgan fingerprint density at radius 3 is 1.10 bits per heavy atom. The van der Waals surface area contributed by atoms with E-state index in [1.807, 2.05) is 0 Å². The van der Waals surface area contributed by atoms with Crippen LogP contribution in [0.4, 0.5) is 0 Å². The van der Waals surface area contributed by atoms with Crippen LogP contribution in [0.2, 0.25) is 17.7 Å². The second-order valence-electron chi connectivity index (χ2n) is 9.31. The van der Waals surface area contributed by atoms with Gasteiger partial charge in [0, 0.05) is 0 Å². The molecule has 0 aromatic carbocycles. The standard InChI is InChI=1S/2C4H9OS.4C4H9.O.2Sn/c2*1-4(6)2-3-5;4*1-3-4-2;;;/h2*4,6H,2-3H2,1H3;4*1,3-4H2,2H3;;;/q2*-1;;;;;;2*+1. The maximum atomic E-state index is 7.52. The van der Waals surface area contributed by atoms with E-state index in [1.165, 1.54) is 69.1 Å². The third kappa shape index (κ3) is 16.5. The van der Waals surface area contributed by atoms with Crippen molar-refractivity contribution < 1.29 is 7.56 Å². The third-order valence-electron chi connectivity index (χ3n) is 5.82. The summed E-state index contributed by atoms with van der Waals surface area (Å²) < 4.78 is 26.1. The zero-order chi connectivity index (χ0) is 23.6. The van der Waals surface area contributed by atoms with Crippen molar-refractivity contribution in [3.8, 4) is 0 Å². The van der Waals surface area contributed by atoms with Crippen molar-refractivity contribution in [2.45, 2.75) is 134 Å². The molecule has 0 bridgehead atoms. The van der Waals surface area contributed by atoms with Crippen molar-refractivity contribution in [3.05, 3.63) is 0 Å². The molecule has 0 N–H and O–H groups in total. The Morgan fingerprint density at radius 2 is 0.871 bits per heavy atom. The first-order valence-corrected chi connectivity index (χ1v) is 26.9. The Bertz CT molecular complexity index is 360. The van der Waals surface area contributed by atoms with E-state index in [4.69, 9.17) is 7.56 Å². The van der Waals surface area contributed by atoms with Crippen molar-refractivity contribution in [1.29, 1.82) is 0 Å². The number of unbranched alkanes of at least 4 members (excludes halogenated alkanes) is 4. The molecule has 31 heavy (non-hydrogen) atoms. The van der Waals surface area contributed by atoms with Crippen LogP contribution in [-0.4, -0.2) is 62.1 Å². The molecule has 0 amide bonds. The van der Waals surface area contributed by atoms with E-state index < -0.39 is 38.4 Å². The first kappa shape index (κ1) is 33.2. The first-order chi connectivity index (χ1) is 14.8. The molecule has 0 aromatic heterocycles.